The summed E-state index contributed by atoms with van der Waals surface area (Å²) in [6, 6.07) is 20.9. The van der Waals surface area contributed by atoms with Crippen LogP contribution in [-0.4, -0.2) is 53.5 Å². The van der Waals surface area contributed by atoms with E-state index in [1.54, 1.807) is 12.1 Å². The number of nitrogens with zero attached hydrogens (tertiary/aromatic N) is 3. The SMILES string of the molecule is NCCCn1cc(-c2ccc(OC(F)(F)F)cc2)c2cc(CN3CCC4(CCN(Cc5ccccc5Cl)CC4)C3)ccc21. The summed E-state index contributed by atoms with van der Waals surface area (Å²) in [6.07, 6.45) is 1.85. The Morgan fingerprint density at radius 2 is 1.60 bits per heavy atom. The molecule has 1 aromatic heterocycles. The molecule has 2 aliphatic heterocycles. The molecule has 0 aliphatic carbocycles. The molecule has 6 rings (SSSR count). The highest BCUT2D eigenvalue weighted by Gasteiger charge is 2.40. The molecule has 5 nitrogen and oxygen atoms in total. The molecule has 0 radical (unpaired) electrons. The third kappa shape index (κ3) is 7.04. The van der Waals surface area contributed by atoms with Gasteiger partial charge in [-0.3, -0.25) is 9.80 Å². The molecular weight excluding hydrogens is 573 g/mol. The predicted molar refractivity (Wildman–Crippen MR) is 166 cm³/mol. The van der Waals surface area contributed by atoms with Gasteiger partial charge in [0.25, 0.3) is 0 Å². The maximum atomic E-state index is 12.7. The Hall–Kier alpha value is -3.04. The van der Waals surface area contributed by atoms with Crippen molar-refractivity contribution in [2.24, 2.45) is 11.1 Å². The summed E-state index contributed by atoms with van der Waals surface area (Å²) in [4.78, 5) is 5.11. The Labute approximate surface area is 256 Å². The van der Waals surface area contributed by atoms with Gasteiger partial charge in [-0.15, -0.1) is 13.2 Å². The Balaban J connectivity index is 1.15. The second-order valence-electron chi connectivity index (χ2n) is 12.1. The minimum absolute atomic E-state index is 0.221. The fourth-order valence-electron chi connectivity index (χ4n) is 6.84. The highest BCUT2D eigenvalue weighted by atomic mass is 35.5. The number of halogens is 4. The molecular formula is C34H38ClF3N4O. The molecule has 1 spiro atoms. The van der Waals surface area contributed by atoms with Crippen LogP contribution in [0.2, 0.25) is 5.02 Å². The monoisotopic (exact) mass is 610 g/mol. The van der Waals surface area contributed by atoms with E-state index in [0.29, 0.717) is 12.0 Å². The van der Waals surface area contributed by atoms with Gasteiger partial charge in [-0.05, 0) is 104 Å². The number of piperidine rings is 1. The smallest absolute Gasteiger partial charge is 0.406 e. The van der Waals surface area contributed by atoms with Gasteiger partial charge in [0.05, 0.1) is 0 Å². The van der Waals surface area contributed by atoms with Crippen molar-refractivity contribution in [1.82, 2.24) is 14.4 Å². The van der Waals surface area contributed by atoms with Crippen molar-refractivity contribution in [1.29, 1.82) is 0 Å². The predicted octanol–water partition coefficient (Wildman–Crippen LogP) is 7.70. The van der Waals surface area contributed by atoms with E-state index < -0.39 is 6.36 Å². The topological polar surface area (TPSA) is 46.7 Å². The van der Waals surface area contributed by atoms with Crippen LogP contribution >= 0.6 is 11.6 Å². The molecule has 3 heterocycles. The summed E-state index contributed by atoms with van der Waals surface area (Å²) in [7, 11) is 0. The Kier molecular flexibility index (Phi) is 8.74. The number of benzene rings is 3. The van der Waals surface area contributed by atoms with Gasteiger partial charge < -0.3 is 15.0 Å². The van der Waals surface area contributed by atoms with E-state index in [1.807, 2.05) is 12.1 Å². The fraction of sp³-hybridized carbons (Fsp3) is 0.412. The van der Waals surface area contributed by atoms with E-state index in [0.717, 1.165) is 79.3 Å². The second kappa shape index (κ2) is 12.5. The second-order valence-corrected chi connectivity index (χ2v) is 12.5. The average molecular weight is 611 g/mol. The van der Waals surface area contributed by atoms with E-state index in [9.17, 15) is 13.2 Å². The molecule has 0 amide bonds. The van der Waals surface area contributed by atoms with Crippen LogP contribution in [0.15, 0.2) is 72.9 Å². The number of nitrogens with two attached hydrogens (primary N) is 1. The first-order chi connectivity index (χ1) is 20.7. The van der Waals surface area contributed by atoms with Crippen molar-refractivity contribution in [2.45, 2.75) is 51.7 Å². The molecule has 0 unspecified atom stereocenters. The number of fused-ring (bicyclic) bond motifs is 1. The summed E-state index contributed by atoms with van der Waals surface area (Å²) in [5, 5.41) is 1.94. The molecule has 9 heteroatoms. The van der Waals surface area contributed by atoms with Gasteiger partial charge in [0.1, 0.15) is 5.75 Å². The van der Waals surface area contributed by atoms with Crippen molar-refractivity contribution >= 4 is 22.5 Å². The van der Waals surface area contributed by atoms with E-state index in [-0.39, 0.29) is 5.75 Å². The molecule has 2 N–H and O–H groups in total. The lowest BCUT2D eigenvalue weighted by Crippen LogP contribution is -2.41. The van der Waals surface area contributed by atoms with E-state index >= 15 is 0 Å². The minimum atomic E-state index is -4.71. The van der Waals surface area contributed by atoms with Crippen molar-refractivity contribution in [2.75, 3.05) is 32.7 Å². The van der Waals surface area contributed by atoms with E-state index in [1.165, 1.54) is 42.5 Å². The average Bonchev–Trinajstić information content (AvgIpc) is 3.54. The van der Waals surface area contributed by atoms with Crippen LogP contribution in [0.1, 0.15) is 36.8 Å². The van der Waals surface area contributed by atoms with Crippen molar-refractivity contribution in [3.05, 3.63) is 89.1 Å². The van der Waals surface area contributed by atoms with Crippen LogP contribution in [-0.2, 0) is 19.6 Å². The van der Waals surface area contributed by atoms with Gasteiger partial charge in [0, 0.05) is 53.9 Å². The van der Waals surface area contributed by atoms with Crippen LogP contribution in [0.25, 0.3) is 22.0 Å². The molecule has 0 bridgehead atoms. The Morgan fingerprint density at radius 1 is 0.884 bits per heavy atom. The van der Waals surface area contributed by atoms with Gasteiger partial charge in [0.15, 0.2) is 0 Å². The minimum Gasteiger partial charge on any atom is -0.406 e. The Bertz CT molecular complexity index is 1540. The van der Waals surface area contributed by atoms with Gasteiger partial charge >= 0.3 is 6.36 Å². The van der Waals surface area contributed by atoms with Crippen LogP contribution in [0.5, 0.6) is 5.75 Å². The third-order valence-corrected chi connectivity index (χ3v) is 9.51. The molecule has 43 heavy (non-hydrogen) atoms. The molecule has 2 aliphatic rings. The van der Waals surface area contributed by atoms with Crippen molar-refractivity contribution in [3.8, 4) is 16.9 Å². The van der Waals surface area contributed by atoms with Gasteiger partial charge in [0.2, 0.25) is 0 Å². The maximum Gasteiger partial charge on any atom is 0.573 e. The summed E-state index contributed by atoms with van der Waals surface area (Å²) in [6.45, 7) is 7.55. The number of aryl methyl sites for hydroxylation is 1. The fourth-order valence-corrected chi connectivity index (χ4v) is 7.03. The first-order valence-corrected chi connectivity index (χ1v) is 15.4. The number of hydrogen-bond acceptors (Lipinski definition) is 4. The molecule has 2 fully saturated rings. The lowest BCUT2D eigenvalue weighted by atomic mass is 9.77. The van der Waals surface area contributed by atoms with Gasteiger partial charge in [-0.1, -0.05) is 48.0 Å². The van der Waals surface area contributed by atoms with Gasteiger partial charge in [-0.2, -0.15) is 0 Å². The maximum absolute atomic E-state index is 12.7. The zero-order valence-electron chi connectivity index (χ0n) is 24.3. The normalized spacial score (nSPS) is 17.7. The Morgan fingerprint density at radius 3 is 2.30 bits per heavy atom. The molecule has 228 valence electrons. The van der Waals surface area contributed by atoms with Crippen LogP contribution < -0.4 is 10.5 Å². The standard InChI is InChI=1S/C34H38ClF3N4O/c35-31-5-2-1-4-27(31)22-40-17-12-33(13-18-40)14-19-41(24-33)21-25-6-11-32-29(20-25)30(23-42(32)16-3-15-39)26-7-9-28(10-8-26)43-34(36,37)38/h1-2,4-11,20,23H,3,12-19,21-22,24,39H2. The number of aromatic nitrogens is 1. The number of hydrogen-bond donors (Lipinski definition) is 1. The number of ether oxygens (including phenoxy) is 1. The molecule has 0 saturated carbocycles. The number of likely N-dealkylation sites (tertiary alicyclic amines) is 2. The van der Waals surface area contributed by atoms with Gasteiger partial charge in [-0.25, -0.2) is 0 Å². The highest BCUT2D eigenvalue weighted by molar-refractivity contribution is 6.31. The zero-order valence-corrected chi connectivity index (χ0v) is 25.0. The first-order valence-electron chi connectivity index (χ1n) is 15.1. The van der Waals surface area contributed by atoms with Crippen molar-refractivity contribution < 1.29 is 17.9 Å². The van der Waals surface area contributed by atoms with Crippen molar-refractivity contribution in [3.63, 3.8) is 0 Å². The van der Waals surface area contributed by atoms with E-state index in [2.05, 4.69) is 55.6 Å². The zero-order chi connectivity index (χ0) is 30.0. The molecule has 3 aromatic carbocycles. The first kappa shape index (κ1) is 30.0. The van der Waals surface area contributed by atoms with Crippen LogP contribution in [0.3, 0.4) is 0 Å². The largest absolute Gasteiger partial charge is 0.573 e. The number of alkyl halides is 3. The summed E-state index contributed by atoms with van der Waals surface area (Å²) >= 11 is 6.41. The quantitative estimate of drug-likeness (QED) is 0.211. The molecule has 2 saturated heterocycles. The van der Waals surface area contributed by atoms with Crippen LogP contribution in [0.4, 0.5) is 13.2 Å². The summed E-state index contributed by atoms with van der Waals surface area (Å²) < 4.78 is 44.3. The lowest BCUT2D eigenvalue weighted by Gasteiger charge is -2.39. The van der Waals surface area contributed by atoms with E-state index in [4.69, 9.17) is 17.3 Å². The van der Waals surface area contributed by atoms with Crippen LogP contribution in [0, 0.1) is 5.41 Å². The number of rotatable bonds is 9. The molecule has 4 aromatic rings. The lowest BCUT2D eigenvalue weighted by molar-refractivity contribution is -0.274. The third-order valence-electron chi connectivity index (χ3n) is 9.14. The highest BCUT2D eigenvalue weighted by Crippen LogP contribution is 2.42. The summed E-state index contributed by atoms with van der Waals surface area (Å²) in [5.74, 6) is -0.221. The summed E-state index contributed by atoms with van der Waals surface area (Å²) in [5.41, 5.74) is 11.6. The molecule has 0 atom stereocenters.